The van der Waals surface area contributed by atoms with Crippen molar-refractivity contribution < 1.29 is 4.79 Å². The smallest absolute Gasteiger partial charge is 0.277 e. The van der Waals surface area contributed by atoms with Gasteiger partial charge in [0.05, 0.1) is 11.9 Å². The summed E-state index contributed by atoms with van der Waals surface area (Å²) in [6.45, 7) is 0.132. The van der Waals surface area contributed by atoms with Gasteiger partial charge in [-0.3, -0.25) is 9.59 Å². The summed E-state index contributed by atoms with van der Waals surface area (Å²) >= 11 is 1.11. The fourth-order valence-corrected chi connectivity index (χ4v) is 3.14. The number of benzene rings is 2. The largest absolute Gasteiger partial charge is 0.301 e. The summed E-state index contributed by atoms with van der Waals surface area (Å²) in [5.74, 6) is 0.292. The van der Waals surface area contributed by atoms with E-state index in [1.165, 1.54) is 4.68 Å². The maximum Gasteiger partial charge on any atom is 0.277 e. The van der Waals surface area contributed by atoms with Crippen molar-refractivity contribution in [3.8, 4) is 11.4 Å². The van der Waals surface area contributed by atoms with Crippen LogP contribution in [0.15, 0.2) is 59.4 Å². The number of hydrogen-bond donors (Lipinski definition) is 1. The van der Waals surface area contributed by atoms with Crippen molar-refractivity contribution in [3.05, 3.63) is 65.0 Å². The molecule has 4 aromatic rings. The molecule has 0 fully saturated rings. The Morgan fingerprint density at radius 1 is 1.07 bits per heavy atom. The maximum atomic E-state index is 12.4. The molecule has 2 aromatic heterocycles. The second kappa shape index (κ2) is 7.42. The van der Waals surface area contributed by atoms with E-state index < -0.39 is 0 Å². The monoisotopic (exact) mass is 378 g/mol. The quantitative estimate of drug-likeness (QED) is 0.572. The van der Waals surface area contributed by atoms with Crippen molar-refractivity contribution >= 4 is 33.5 Å². The Balaban J connectivity index is 1.41. The summed E-state index contributed by atoms with van der Waals surface area (Å²) in [7, 11) is 0. The van der Waals surface area contributed by atoms with Gasteiger partial charge in [-0.2, -0.15) is 9.36 Å². The van der Waals surface area contributed by atoms with Gasteiger partial charge < -0.3 is 5.32 Å². The fourth-order valence-electron chi connectivity index (χ4n) is 2.54. The Morgan fingerprint density at radius 2 is 1.85 bits per heavy atom. The second-order valence-corrected chi connectivity index (χ2v) is 6.47. The average molecular weight is 378 g/mol. The van der Waals surface area contributed by atoms with E-state index in [2.05, 4.69) is 25.0 Å². The van der Waals surface area contributed by atoms with Crippen LogP contribution in [-0.4, -0.2) is 30.3 Å². The van der Waals surface area contributed by atoms with Crippen LogP contribution in [0.2, 0.25) is 0 Å². The van der Waals surface area contributed by atoms with Crippen LogP contribution in [0, 0.1) is 0 Å². The van der Waals surface area contributed by atoms with E-state index in [9.17, 15) is 9.59 Å². The third-order valence-corrected chi connectivity index (χ3v) is 4.51. The molecular formula is C18H14N6O2S. The highest BCUT2D eigenvalue weighted by Crippen LogP contribution is 2.20. The van der Waals surface area contributed by atoms with Crippen molar-refractivity contribution in [1.29, 1.82) is 0 Å². The Hall–Kier alpha value is -3.46. The normalized spacial score (nSPS) is 10.8. The molecule has 2 heterocycles. The highest BCUT2D eigenvalue weighted by Gasteiger charge is 2.11. The first-order valence-corrected chi connectivity index (χ1v) is 8.99. The van der Waals surface area contributed by atoms with Crippen LogP contribution in [0.3, 0.4) is 0 Å². The zero-order valence-electron chi connectivity index (χ0n) is 14.1. The van der Waals surface area contributed by atoms with Crippen molar-refractivity contribution in [1.82, 2.24) is 24.4 Å². The lowest BCUT2D eigenvalue weighted by Crippen LogP contribution is -2.26. The van der Waals surface area contributed by atoms with E-state index in [-0.39, 0.29) is 24.4 Å². The summed E-state index contributed by atoms with van der Waals surface area (Å²) in [5.41, 5.74) is 1.15. The van der Waals surface area contributed by atoms with Gasteiger partial charge in [0.1, 0.15) is 5.52 Å². The first-order valence-electron chi connectivity index (χ1n) is 8.22. The number of anilines is 1. The van der Waals surface area contributed by atoms with Crippen LogP contribution in [0.25, 0.3) is 22.3 Å². The first kappa shape index (κ1) is 17.0. The molecule has 0 saturated carbocycles. The molecule has 8 nitrogen and oxygen atoms in total. The molecule has 4 rings (SSSR count). The number of amides is 1. The SMILES string of the molecule is O=C(CCn1nnc2ccccc2c1=O)Nc1nc(-c2ccccc2)ns1. The number of carbonyl (C=O) groups excluding carboxylic acids is 1. The van der Waals surface area contributed by atoms with Gasteiger partial charge >= 0.3 is 0 Å². The number of fused-ring (bicyclic) bond motifs is 1. The van der Waals surface area contributed by atoms with Crippen LogP contribution >= 0.6 is 11.5 Å². The molecule has 0 aliphatic carbocycles. The number of hydrogen-bond acceptors (Lipinski definition) is 7. The Labute approximate surface area is 157 Å². The highest BCUT2D eigenvalue weighted by atomic mass is 32.1. The molecule has 0 spiro atoms. The molecule has 0 saturated heterocycles. The molecule has 0 unspecified atom stereocenters. The van der Waals surface area contributed by atoms with Crippen LogP contribution < -0.4 is 10.9 Å². The number of carbonyl (C=O) groups is 1. The van der Waals surface area contributed by atoms with Gasteiger partial charge in [0.15, 0.2) is 5.82 Å². The zero-order valence-corrected chi connectivity index (χ0v) is 14.9. The van der Waals surface area contributed by atoms with Gasteiger partial charge in [0.25, 0.3) is 5.56 Å². The minimum atomic E-state index is -0.271. The Kier molecular flexibility index (Phi) is 4.67. The molecule has 2 aromatic carbocycles. The lowest BCUT2D eigenvalue weighted by Gasteiger charge is -2.04. The summed E-state index contributed by atoms with van der Waals surface area (Å²) in [4.78, 5) is 28.9. The topological polar surface area (TPSA) is 103 Å². The predicted molar refractivity (Wildman–Crippen MR) is 102 cm³/mol. The summed E-state index contributed by atoms with van der Waals surface area (Å²) < 4.78 is 5.44. The van der Waals surface area contributed by atoms with Crippen LogP contribution in [0.1, 0.15) is 6.42 Å². The fraction of sp³-hybridized carbons (Fsp3) is 0.111. The number of aromatic nitrogens is 5. The highest BCUT2D eigenvalue weighted by molar-refractivity contribution is 7.10. The van der Waals surface area contributed by atoms with E-state index in [1.807, 2.05) is 30.3 Å². The summed E-state index contributed by atoms with van der Waals surface area (Å²) in [6, 6.07) is 16.5. The number of nitrogens with one attached hydrogen (secondary N) is 1. The van der Waals surface area contributed by atoms with Gasteiger partial charge in [-0.25, -0.2) is 4.68 Å². The summed E-state index contributed by atoms with van der Waals surface area (Å²) in [5, 5.41) is 11.5. The third kappa shape index (κ3) is 3.72. The molecule has 1 amide bonds. The predicted octanol–water partition coefficient (Wildman–Crippen LogP) is 2.34. The van der Waals surface area contributed by atoms with E-state index in [0.29, 0.717) is 21.9 Å². The van der Waals surface area contributed by atoms with Crippen LogP contribution in [0.5, 0.6) is 0 Å². The van der Waals surface area contributed by atoms with Gasteiger partial charge in [0, 0.05) is 23.5 Å². The van der Waals surface area contributed by atoms with E-state index in [1.54, 1.807) is 24.3 Å². The van der Waals surface area contributed by atoms with Crippen molar-refractivity contribution in [3.63, 3.8) is 0 Å². The molecule has 27 heavy (non-hydrogen) atoms. The second-order valence-electron chi connectivity index (χ2n) is 5.72. The zero-order chi connectivity index (χ0) is 18.6. The van der Waals surface area contributed by atoms with Crippen molar-refractivity contribution in [2.24, 2.45) is 0 Å². The first-order chi connectivity index (χ1) is 13.2. The Morgan fingerprint density at radius 3 is 2.70 bits per heavy atom. The number of rotatable bonds is 5. The molecular weight excluding hydrogens is 364 g/mol. The van der Waals surface area contributed by atoms with Gasteiger partial charge in [0.2, 0.25) is 11.0 Å². The Bertz CT molecular complexity index is 1160. The molecule has 0 aliphatic heterocycles. The van der Waals surface area contributed by atoms with Gasteiger partial charge in [-0.15, -0.1) is 5.10 Å². The van der Waals surface area contributed by atoms with Gasteiger partial charge in [-0.05, 0) is 12.1 Å². The minimum Gasteiger partial charge on any atom is -0.301 e. The standard InChI is InChI=1S/C18H14N6O2S/c25-15(19-18-20-16(22-27-18)12-6-2-1-3-7-12)10-11-24-17(26)13-8-4-5-9-14(13)21-23-24/h1-9H,10-11H2,(H,19,20,22,25). The number of aryl methyl sites for hydroxylation is 1. The minimum absolute atomic E-state index is 0.0766. The molecule has 0 radical (unpaired) electrons. The lowest BCUT2D eigenvalue weighted by molar-refractivity contribution is -0.116. The van der Waals surface area contributed by atoms with E-state index in [4.69, 9.17) is 0 Å². The van der Waals surface area contributed by atoms with Crippen LogP contribution in [-0.2, 0) is 11.3 Å². The molecule has 0 aliphatic rings. The molecule has 134 valence electrons. The molecule has 1 N–H and O–H groups in total. The van der Waals surface area contributed by atoms with E-state index in [0.717, 1.165) is 17.1 Å². The lowest BCUT2D eigenvalue weighted by atomic mass is 10.2. The molecule has 9 heteroatoms. The van der Waals surface area contributed by atoms with Gasteiger partial charge in [-0.1, -0.05) is 47.7 Å². The third-order valence-electron chi connectivity index (χ3n) is 3.88. The van der Waals surface area contributed by atoms with Crippen molar-refractivity contribution in [2.45, 2.75) is 13.0 Å². The average Bonchev–Trinajstić information content (AvgIpc) is 3.17. The summed E-state index contributed by atoms with van der Waals surface area (Å²) in [6.07, 6.45) is 0.0766. The van der Waals surface area contributed by atoms with Crippen molar-refractivity contribution in [2.75, 3.05) is 5.32 Å². The van der Waals surface area contributed by atoms with Crippen LogP contribution in [0.4, 0.5) is 5.13 Å². The maximum absolute atomic E-state index is 12.4. The molecule has 0 bridgehead atoms. The van der Waals surface area contributed by atoms with E-state index >= 15 is 0 Å². The number of nitrogens with zero attached hydrogens (tertiary/aromatic N) is 5. The molecule has 0 atom stereocenters.